The molecule has 0 atom stereocenters. The summed E-state index contributed by atoms with van der Waals surface area (Å²) in [5.41, 5.74) is 6.68. The van der Waals surface area contributed by atoms with Crippen molar-refractivity contribution in [1.82, 2.24) is 0 Å². The highest BCUT2D eigenvalue weighted by atomic mass is 16.5. The molecule has 1 fully saturated rings. The highest BCUT2D eigenvalue weighted by molar-refractivity contribution is 5.56. The number of nitrogen functional groups attached to an aromatic ring is 1. The molecule has 0 spiro atoms. The van der Waals surface area contributed by atoms with Gasteiger partial charge in [0.1, 0.15) is 11.8 Å². The van der Waals surface area contributed by atoms with Crippen molar-refractivity contribution in [3.8, 4) is 11.8 Å². The standard InChI is InChI=1S/C14H18N2O/c1-10-2-4-12(5-3-10)17-13-6-7-14(16)11(8-13)9-15/h6-8,10,12H,2-5,16H2,1H3. The summed E-state index contributed by atoms with van der Waals surface area (Å²) < 4.78 is 5.89. The normalized spacial score (nSPS) is 24.0. The van der Waals surface area contributed by atoms with E-state index in [1.165, 1.54) is 12.8 Å². The lowest BCUT2D eigenvalue weighted by Crippen LogP contribution is -2.23. The lowest BCUT2D eigenvalue weighted by molar-refractivity contribution is 0.135. The zero-order valence-electron chi connectivity index (χ0n) is 10.1. The van der Waals surface area contributed by atoms with Crippen LogP contribution >= 0.6 is 0 Å². The summed E-state index contributed by atoms with van der Waals surface area (Å²) in [4.78, 5) is 0. The molecule has 0 saturated heterocycles. The Bertz CT molecular complexity index is 428. The molecule has 0 aliphatic heterocycles. The van der Waals surface area contributed by atoms with Gasteiger partial charge in [0.15, 0.2) is 0 Å². The molecule has 0 amide bonds. The average molecular weight is 230 g/mol. The molecule has 1 aromatic carbocycles. The van der Waals surface area contributed by atoms with Crippen molar-refractivity contribution in [2.45, 2.75) is 38.7 Å². The number of ether oxygens (including phenoxy) is 1. The minimum Gasteiger partial charge on any atom is -0.490 e. The summed E-state index contributed by atoms with van der Waals surface area (Å²) in [5, 5.41) is 8.90. The van der Waals surface area contributed by atoms with E-state index in [2.05, 4.69) is 13.0 Å². The van der Waals surface area contributed by atoms with Gasteiger partial charge >= 0.3 is 0 Å². The van der Waals surface area contributed by atoms with Gasteiger partial charge in [-0.1, -0.05) is 6.92 Å². The Morgan fingerprint density at radius 2 is 2.00 bits per heavy atom. The summed E-state index contributed by atoms with van der Waals surface area (Å²) in [6.45, 7) is 2.28. The number of hydrogen-bond acceptors (Lipinski definition) is 3. The maximum atomic E-state index is 8.90. The summed E-state index contributed by atoms with van der Waals surface area (Å²) >= 11 is 0. The van der Waals surface area contributed by atoms with Crippen LogP contribution in [0, 0.1) is 17.2 Å². The van der Waals surface area contributed by atoms with Crippen LogP contribution in [-0.2, 0) is 0 Å². The number of nitrogens with zero attached hydrogens (tertiary/aromatic N) is 1. The van der Waals surface area contributed by atoms with E-state index in [0.29, 0.717) is 17.4 Å². The van der Waals surface area contributed by atoms with E-state index in [0.717, 1.165) is 24.5 Å². The Morgan fingerprint density at radius 1 is 1.29 bits per heavy atom. The van der Waals surface area contributed by atoms with Gasteiger partial charge in [-0.2, -0.15) is 5.26 Å². The number of nitrogens with two attached hydrogens (primary N) is 1. The molecular weight excluding hydrogens is 212 g/mol. The molecule has 1 saturated carbocycles. The SMILES string of the molecule is CC1CCC(Oc2ccc(N)c(C#N)c2)CC1. The van der Waals surface area contributed by atoms with Crippen LogP contribution in [0.25, 0.3) is 0 Å². The van der Waals surface area contributed by atoms with Crippen molar-refractivity contribution >= 4 is 5.69 Å². The largest absolute Gasteiger partial charge is 0.490 e. The Labute approximate surface area is 102 Å². The fourth-order valence-corrected chi connectivity index (χ4v) is 2.25. The molecule has 3 heteroatoms. The molecule has 2 N–H and O–H groups in total. The zero-order valence-corrected chi connectivity index (χ0v) is 10.1. The second-order valence-electron chi connectivity index (χ2n) is 4.86. The van der Waals surface area contributed by atoms with E-state index >= 15 is 0 Å². The molecule has 0 radical (unpaired) electrons. The van der Waals surface area contributed by atoms with E-state index in [-0.39, 0.29) is 0 Å². The van der Waals surface area contributed by atoms with Crippen LogP contribution in [0.1, 0.15) is 38.2 Å². The van der Waals surface area contributed by atoms with Gasteiger partial charge in [-0.15, -0.1) is 0 Å². The predicted molar refractivity (Wildman–Crippen MR) is 67.6 cm³/mol. The monoisotopic (exact) mass is 230 g/mol. The fraction of sp³-hybridized carbons (Fsp3) is 0.500. The first-order valence-corrected chi connectivity index (χ1v) is 6.15. The second-order valence-corrected chi connectivity index (χ2v) is 4.86. The first-order valence-electron chi connectivity index (χ1n) is 6.15. The first-order chi connectivity index (χ1) is 8.19. The van der Waals surface area contributed by atoms with Crippen LogP contribution in [0.15, 0.2) is 18.2 Å². The van der Waals surface area contributed by atoms with Gasteiger partial charge in [-0.25, -0.2) is 0 Å². The highest BCUT2D eigenvalue weighted by Crippen LogP contribution is 2.28. The van der Waals surface area contributed by atoms with Crippen molar-refractivity contribution < 1.29 is 4.74 Å². The van der Waals surface area contributed by atoms with E-state index < -0.39 is 0 Å². The van der Waals surface area contributed by atoms with Crippen LogP contribution in [-0.4, -0.2) is 6.10 Å². The number of rotatable bonds is 2. The van der Waals surface area contributed by atoms with E-state index in [1.807, 2.05) is 6.07 Å². The van der Waals surface area contributed by atoms with Crippen LogP contribution in [0.4, 0.5) is 5.69 Å². The lowest BCUT2D eigenvalue weighted by atomic mass is 9.89. The second kappa shape index (κ2) is 5.09. The molecule has 0 aromatic heterocycles. The topological polar surface area (TPSA) is 59.0 Å². The Balaban J connectivity index is 2.02. The molecule has 2 rings (SSSR count). The molecule has 1 aliphatic carbocycles. The average Bonchev–Trinajstić information content (AvgIpc) is 2.34. The molecule has 3 nitrogen and oxygen atoms in total. The summed E-state index contributed by atoms with van der Waals surface area (Å²) in [5.74, 6) is 1.58. The van der Waals surface area contributed by atoms with Gasteiger partial charge in [0.05, 0.1) is 11.7 Å². The fourth-order valence-electron chi connectivity index (χ4n) is 2.25. The van der Waals surface area contributed by atoms with Gasteiger partial charge in [0.2, 0.25) is 0 Å². The Morgan fingerprint density at radius 3 is 2.65 bits per heavy atom. The van der Waals surface area contributed by atoms with Gasteiger partial charge in [0.25, 0.3) is 0 Å². The van der Waals surface area contributed by atoms with Crippen molar-refractivity contribution in [1.29, 1.82) is 5.26 Å². The van der Waals surface area contributed by atoms with Crippen molar-refractivity contribution in [2.24, 2.45) is 5.92 Å². The van der Waals surface area contributed by atoms with Gasteiger partial charge in [-0.05, 0) is 49.8 Å². The van der Waals surface area contributed by atoms with Crippen LogP contribution in [0.5, 0.6) is 5.75 Å². The van der Waals surface area contributed by atoms with E-state index in [1.54, 1.807) is 12.1 Å². The van der Waals surface area contributed by atoms with Crippen LogP contribution < -0.4 is 10.5 Å². The predicted octanol–water partition coefficient (Wildman–Crippen LogP) is 3.10. The maximum Gasteiger partial charge on any atom is 0.121 e. The molecule has 1 aliphatic rings. The minimum absolute atomic E-state index is 0.293. The smallest absolute Gasteiger partial charge is 0.121 e. The molecule has 90 valence electrons. The van der Waals surface area contributed by atoms with Crippen molar-refractivity contribution in [3.05, 3.63) is 23.8 Å². The highest BCUT2D eigenvalue weighted by Gasteiger charge is 2.19. The summed E-state index contributed by atoms with van der Waals surface area (Å²) in [6, 6.07) is 7.38. The maximum absolute atomic E-state index is 8.90. The summed E-state index contributed by atoms with van der Waals surface area (Å²) in [7, 11) is 0. The van der Waals surface area contributed by atoms with Gasteiger partial charge in [-0.3, -0.25) is 0 Å². The van der Waals surface area contributed by atoms with Crippen LogP contribution in [0.3, 0.4) is 0 Å². The zero-order chi connectivity index (χ0) is 12.3. The van der Waals surface area contributed by atoms with E-state index in [4.69, 9.17) is 15.7 Å². The van der Waals surface area contributed by atoms with E-state index in [9.17, 15) is 0 Å². The third-order valence-electron chi connectivity index (χ3n) is 3.41. The van der Waals surface area contributed by atoms with Crippen LogP contribution in [0.2, 0.25) is 0 Å². The molecule has 1 aromatic rings. The van der Waals surface area contributed by atoms with Crippen molar-refractivity contribution in [2.75, 3.05) is 5.73 Å². The Hall–Kier alpha value is -1.69. The molecule has 17 heavy (non-hydrogen) atoms. The van der Waals surface area contributed by atoms with Gasteiger partial charge in [0, 0.05) is 5.69 Å². The third kappa shape index (κ3) is 2.91. The quantitative estimate of drug-likeness (QED) is 0.794. The molecular formula is C14H18N2O. The minimum atomic E-state index is 0.293. The van der Waals surface area contributed by atoms with Gasteiger partial charge < -0.3 is 10.5 Å². The number of benzene rings is 1. The molecule has 0 heterocycles. The molecule has 0 bridgehead atoms. The molecule has 0 unspecified atom stereocenters. The Kier molecular flexibility index (Phi) is 3.53. The summed E-state index contributed by atoms with van der Waals surface area (Å²) in [6.07, 6.45) is 4.96. The number of anilines is 1. The third-order valence-corrected chi connectivity index (χ3v) is 3.41. The number of hydrogen-bond donors (Lipinski definition) is 1. The first kappa shape index (κ1) is 11.8. The van der Waals surface area contributed by atoms with Crippen molar-refractivity contribution in [3.63, 3.8) is 0 Å². The lowest BCUT2D eigenvalue weighted by Gasteiger charge is -2.26. The number of nitriles is 1.